The highest BCUT2D eigenvalue weighted by Crippen LogP contribution is 2.79. The van der Waals surface area contributed by atoms with Crippen LogP contribution in [0.1, 0.15) is 13.8 Å². The molecule has 0 aliphatic carbocycles. The van der Waals surface area contributed by atoms with Crippen molar-refractivity contribution in [3.8, 4) is 34.5 Å². The Hall–Kier alpha value is -5.04. The van der Waals surface area contributed by atoms with Gasteiger partial charge in [0.15, 0.2) is 0 Å². The Bertz CT molecular complexity index is 2170. The van der Waals surface area contributed by atoms with Crippen molar-refractivity contribution in [1.29, 1.82) is 0 Å². The number of para-hydroxylation sites is 6. The van der Waals surface area contributed by atoms with Crippen LogP contribution in [0.2, 0.25) is 0 Å². The van der Waals surface area contributed by atoms with Gasteiger partial charge in [0.1, 0.15) is 34.5 Å². The summed E-state index contributed by atoms with van der Waals surface area (Å²) in [5.41, 5.74) is 0. The Balaban J connectivity index is 1.66. The zero-order valence-corrected chi connectivity index (χ0v) is 34.2. The Labute approximate surface area is 327 Å². The lowest BCUT2D eigenvalue weighted by Gasteiger charge is -2.32. The van der Waals surface area contributed by atoms with E-state index in [1.807, 2.05) is 123 Å². The second-order valence-electron chi connectivity index (χ2n) is 11.6. The molecule has 0 bridgehead atoms. The van der Waals surface area contributed by atoms with E-state index in [1.165, 1.54) is 0 Å². The molecule has 0 unspecified atom stereocenters. The normalized spacial score (nSPS) is 16.0. The molecule has 0 saturated heterocycles. The van der Waals surface area contributed by atoms with Gasteiger partial charge in [-0.15, -0.1) is 9.03 Å². The quantitative estimate of drug-likeness (QED) is 0.0884. The van der Waals surface area contributed by atoms with Crippen LogP contribution in [-0.2, 0) is 9.05 Å². The van der Waals surface area contributed by atoms with Gasteiger partial charge in [0.05, 0.1) is 13.2 Å². The first kappa shape index (κ1) is 39.2. The Morgan fingerprint density at radius 2 is 0.464 bits per heavy atom. The molecule has 56 heavy (non-hydrogen) atoms. The SMILES string of the molecule is CCOP1(OCC)=NP(Oc2ccccc2)(Oc2ccccc2)=NP(Oc2ccccc2)(Oc2ccccc2)=NP(Oc2ccccc2)(Oc2ccccc2)=N1. The molecule has 0 fully saturated rings. The Kier molecular flexibility index (Phi) is 12.8. The van der Waals surface area contributed by atoms with Crippen LogP contribution in [-0.4, -0.2) is 13.2 Å². The standard InChI is InChI=1S/C40H40N4O8P4/c1-3-45-53(46-4-2)41-54(47-35-23-11-5-12-24-35,48-36-25-13-6-14-26-36)43-56(51-39-31-19-9-20-32-39,52-40-33-21-10-22-34-40)44-55(42-53,49-37-27-15-7-16-28-37)50-38-29-17-8-18-30-38/h5-34H,3-4H2,1-2H3. The van der Waals surface area contributed by atoms with Gasteiger partial charge in [0.25, 0.3) is 0 Å². The second-order valence-corrected chi connectivity index (χ2v) is 20.0. The molecule has 6 aromatic carbocycles. The summed E-state index contributed by atoms with van der Waals surface area (Å²) in [7, 11) is -16.4. The Morgan fingerprint density at radius 1 is 0.286 bits per heavy atom. The zero-order valence-electron chi connectivity index (χ0n) is 30.6. The van der Waals surface area contributed by atoms with E-state index in [2.05, 4.69) is 0 Å². The molecule has 1 heterocycles. The van der Waals surface area contributed by atoms with Crippen molar-refractivity contribution >= 4 is 30.6 Å². The number of nitrogens with zero attached hydrogens (tertiary/aromatic N) is 4. The molecule has 0 saturated carbocycles. The van der Waals surface area contributed by atoms with Crippen molar-refractivity contribution in [2.75, 3.05) is 13.2 Å². The molecular weight excluding hydrogens is 788 g/mol. The topological polar surface area (TPSA) is 123 Å². The largest absolute Gasteiger partial charge is 0.460 e. The summed E-state index contributed by atoms with van der Waals surface area (Å²) in [5, 5.41) is 0. The molecule has 16 heteroatoms. The van der Waals surface area contributed by atoms with E-state index < -0.39 is 30.6 Å². The highest BCUT2D eigenvalue weighted by Gasteiger charge is 2.48. The van der Waals surface area contributed by atoms with Gasteiger partial charge in [0, 0.05) is 0 Å². The van der Waals surface area contributed by atoms with Crippen molar-refractivity contribution in [2.45, 2.75) is 13.8 Å². The van der Waals surface area contributed by atoms with Crippen LogP contribution in [0.5, 0.6) is 34.5 Å². The van der Waals surface area contributed by atoms with Gasteiger partial charge in [-0.2, -0.15) is 0 Å². The third kappa shape index (κ3) is 10.2. The van der Waals surface area contributed by atoms with E-state index in [0.29, 0.717) is 34.5 Å². The van der Waals surface area contributed by atoms with Crippen molar-refractivity contribution in [3.05, 3.63) is 182 Å². The van der Waals surface area contributed by atoms with E-state index >= 15 is 0 Å². The molecule has 0 spiro atoms. The summed E-state index contributed by atoms with van der Waals surface area (Å²) in [6, 6.07) is 54.6. The maximum absolute atomic E-state index is 6.93. The monoisotopic (exact) mass is 828 g/mol. The molecule has 7 rings (SSSR count). The molecule has 288 valence electrons. The van der Waals surface area contributed by atoms with Gasteiger partial charge in [-0.25, -0.2) is 0 Å². The predicted molar refractivity (Wildman–Crippen MR) is 223 cm³/mol. The summed E-state index contributed by atoms with van der Waals surface area (Å²) in [6.45, 7) is 3.91. The predicted octanol–water partition coefficient (Wildman–Crippen LogP) is 14.3. The lowest BCUT2D eigenvalue weighted by Crippen LogP contribution is -2.09. The molecule has 0 N–H and O–H groups in total. The molecule has 0 atom stereocenters. The lowest BCUT2D eigenvalue weighted by atomic mass is 10.3. The number of benzene rings is 6. The minimum absolute atomic E-state index is 0.134. The van der Waals surface area contributed by atoms with Gasteiger partial charge in [-0.1, -0.05) is 118 Å². The van der Waals surface area contributed by atoms with Gasteiger partial charge in [0.2, 0.25) is 0 Å². The van der Waals surface area contributed by atoms with Gasteiger partial charge >= 0.3 is 30.6 Å². The molecule has 0 amide bonds. The van der Waals surface area contributed by atoms with E-state index in [4.69, 9.17) is 54.3 Å². The summed E-state index contributed by atoms with van der Waals surface area (Å²) >= 11 is 0. The highest BCUT2D eigenvalue weighted by atomic mass is 31.3. The van der Waals surface area contributed by atoms with E-state index in [0.717, 1.165) is 0 Å². The van der Waals surface area contributed by atoms with Crippen LogP contribution >= 0.6 is 30.6 Å². The van der Waals surface area contributed by atoms with E-state index in [1.54, 1.807) is 72.8 Å². The first-order valence-electron chi connectivity index (χ1n) is 17.7. The van der Waals surface area contributed by atoms with Gasteiger partial charge in [-0.3, -0.25) is 0 Å². The smallest absolute Gasteiger partial charge is 0.413 e. The molecule has 0 radical (unpaired) electrons. The van der Waals surface area contributed by atoms with Crippen molar-refractivity contribution in [1.82, 2.24) is 0 Å². The van der Waals surface area contributed by atoms with Gasteiger partial charge < -0.3 is 36.2 Å². The fraction of sp³-hybridized carbons (Fsp3) is 0.100. The molecule has 1 aliphatic heterocycles. The van der Waals surface area contributed by atoms with Crippen molar-refractivity contribution in [3.63, 3.8) is 0 Å². The van der Waals surface area contributed by atoms with Crippen molar-refractivity contribution in [2.24, 2.45) is 18.1 Å². The fourth-order valence-electron chi connectivity index (χ4n) is 5.11. The summed E-state index contributed by atoms with van der Waals surface area (Å²) < 4.78 is 75.8. The maximum Gasteiger partial charge on any atom is 0.460 e. The molecule has 1 aliphatic rings. The average molecular weight is 829 g/mol. The fourth-order valence-corrected chi connectivity index (χ4v) is 17.4. The minimum atomic E-state index is -4.22. The summed E-state index contributed by atoms with van der Waals surface area (Å²) in [6.07, 6.45) is 0. The van der Waals surface area contributed by atoms with E-state index in [9.17, 15) is 0 Å². The van der Waals surface area contributed by atoms with Crippen LogP contribution in [0.25, 0.3) is 0 Å². The minimum Gasteiger partial charge on any atom is -0.413 e. The molecule has 6 aromatic rings. The highest BCUT2D eigenvalue weighted by molar-refractivity contribution is 7.79. The van der Waals surface area contributed by atoms with Crippen LogP contribution in [0.15, 0.2) is 200 Å². The van der Waals surface area contributed by atoms with Crippen molar-refractivity contribution < 1.29 is 36.2 Å². The van der Waals surface area contributed by atoms with Crippen LogP contribution in [0.3, 0.4) is 0 Å². The summed E-state index contributed by atoms with van der Waals surface area (Å²) in [5.74, 6) is 2.36. The van der Waals surface area contributed by atoms with Gasteiger partial charge in [-0.05, 0) is 86.6 Å². The third-order valence-electron chi connectivity index (χ3n) is 7.30. The zero-order chi connectivity index (χ0) is 38.6. The molecule has 12 nitrogen and oxygen atoms in total. The Morgan fingerprint density at radius 3 is 0.661 bits per heavy atom. The first-order chi connectivity index (χ1) is 27.4. The van der Waals surface area contributed by atoms with Crippen LogP contribution in [0.4, 0.5) is 0 Å². The number of hydrogen-bond acceptors (Lipinski definition) is 12. The van der Waals surface area contributed by atoms with E-state index in [-0.39, 0.29) is 13.2 Å². The second kappa shape index (κ2) is 18.3. The first-order valence-corrected chi connectivity index (χ1v) is 23.9. The van der Waals surface area contributed by atoms with Crippen LogP contribution in [0, 0.1) is 0 Å². The number of rotatable bonds is 16. The average Bonchev–Trinajstić information content (AvgIpc) is 3.20. The number of hydrogen-bond donors (Lipinski definition) is 0. The molecule has 0 aromatic heterocycles. The maximum atomic E-state index is 6.93. The summed E-state index contributed by atoms with van der Waals surface area (Å²) in [4.78, 5) is 0. The third-order valence-corrected chi connectivity index (χ3v) is 18.4. The molecular formula is C40H40N4O8P4. The lowest BCUT2D eigenvalue weighted by molar-refractivity contribution is 0.259. The van der Waals surface area contributed by atoms with Crippen LogP contribution < -0.4 is 27.1 Å².